The van der Waals surface area contributed by atoms with Gasteiger partial charge in [-0.25, -0.2) is 9.48 Å². The molecule has 1 aliphatic rings. The summed E-state index contributed by atoms with van der Waals surface area (Å²) in [5.74, 6) is 1.45. The Hall–Kier alpha value is -3.29. The Morgan fingerprint density at radius 2 is 1.96 bits per heavy atom. The largest absolute Gasteiger partial charge is 0.486 e. The van der Waals surface area contributed by atoms with Crippen LogP contribution < -0.4 is 14.8 Å². The molecule has 1 N–H and O–H groups in total. The summed E-state index contributed by atoms with van der Waals surface area (Å²) in [6.07, 6.45) is 0. The van der Waals surface area contributed by atoms with Gasteiger partial charge in [0.05, 0.1) is 11.6 Å². The van der Waals surface area contributed by atoms with Crippen molar-refractivity contribution in [3.8, 4) is 11.5 Å². The molecule has 0 fully saturated rings. The van der Waals surface area contributed by atoms with E-state index in [9.17, 15) is 4.79 Å². The van der Waals surface area contributed by atoms with Crippen molar-refractivity contribution in [1.29, 1.82) is 0 Å². The molecule has 8 nitrogen and oxygen atoms in total. The molecular weight excluding hydrogens is 346 g/mol. The molecule has 0 saturated carbocycles. The van der Waals surface area contributed by atoms with E-state index in [0.717, 1.165) is 22.3 Å². The number of benzene rings is 2. The fourth-order valence-electron chi connectivity index (χ4n) is 3.05. The SMILES string of the molecule is C[C@H](c1ccc2c(c1)OCCO2)N(C)C(=O)Nc1ccc2c(c1)nnn2C. The minimum atomic E-state index is -0.208. The lowest BCUT2D eigenvalue weighted by Crippen LogP contribution is -2.33. The number of anilines is 1. The van der Waals surface area contributed by atoms with E-state index >= 15 is 0 Å². The van der Waals surface area contributed by atoms with E-state index in [1.807, 2.05) is 50.4 Å². The number of ether oxygens (including phenoxy) is 2. The first-order valence-electron chi connectivity index (χ1n) is 8.76. The summed E-state index contributed by atoms with van der Waals surface area (Å²) in [6.45, 7) is 3.06. The van der Waals surface area contributed by atoms with Gasteiger partial charge in [0.15, 0.2) is 11.5 Å². The number of aryl methyl sites for hydroxylation is 1. The zero-order valence-corrected chi connectivity index (χ0v) is 15.5. The molecule has 2 amide bonds. The maximum atomic E-state index is 12.7. The van der Waals surface area contributed by atoms with Crippen molar-refractivity contribution < 1.29 is 14.3 Å². The number of carbonyl (C=O) groups is 1. The van der Waals surface area contributed by atoms with Gasteiger partial charge in [-0.1, -0.05) is 11.3 Å². The fraction of sp³-hybridized carbons (Fsp3) is 0.316. The van der Waals surface area contributed by atoms with Crippen molar-refractivity contribution in [2.24, 2.45) is 7.05 Å². The number of nitrogens with one attached hydrogen (secondary N) is 1. The van der Waals surface area contributed by atoms with Gasteiger partial charge in [-0.15, -0.1) is 5.10 Å². The first-order chi connectivity index (χ1) is 13.0. The molecule has 3 aromatic rings. The van der Waals surface area contributed by atoms with E-state index in [1.165, 1.54) is 0 Å². The first-order valence-corrected chi connectivity index (χ1v) is 8.76. The topological polar surface area (TPSA) is 81.5 Å². The molecule has 27 heavy (non-hydrogen) atoms. The molecule has 0 aliphatic carbocycles. The molecule has 0 bridgehead atoms. The van der Waals surface area contributed by atoms with Crippen molar-refractivity contribution in [1.82, 2.24) is 19.9 Å². The van der Waals surface area contributed by atoms with E-state index in [2.05, 4.69) is 15.6 Å². The second-order valence-corrected chi connectivity index (χ2v) is 6.54. The van der Waals surface area contributed by atoms with Crippen LogP contribution in [0.5, 0.6) is 11.5 Å². The highest BCUT2D eigenvalue weighted by Crippen LogP contribution is 2.33. The fourth-order valence-corrected chi connectivity index (χ4v) is 3.05. The van der Waals surface area contributed by atoms with E-state index < -0.39 is 0 Å². The van der Waals surface area contributed by atoms with E-state index in [0.29, 0.717) is 24.7 Å². The Kier molecular flexibility index (Phi) is 4.31. The third-order valence-corrected chi connectivity index (χ3v) is 4.81. The number of hydrogen-bond acceptors (Lipinski definition) is 5. The lowest BCUT2D eigenvalue weighted by molar-refractivity contribution is 0.170. The molecule has 8 heteroatoms. The predicted octanol–water partition coefficient (Wildman–Crippen LogP) is 2.96. The number of hydrogen-bond donors (Lipinski definition) is 1. The number of amides is 2. The zero-order chi connectivity index (χ0) is 19.0. The highest BCUT2D eigenvalue weighted by Gasteiger charge is 2.20. The molecule has 140 valence electrons. The number of aromatic nitrogens is 3. The van der Waals surface area contributed by atoms with Crippen molar-refractivity contribution in [2.45, 2.75) is 13.0 Å². The van der Waals surface area contributed by atoms with E-state index in [4.69, 9.17) is 9.47 Å². The number of fused-ring (bicyclic) bond motifs is 2. The molecule has 2 heterocycles. The van der Waals surface area contributed by atoms with Crippen LogP contribution in [0.2, 0.25) is 0 Å². The summed E-state index contributed by atoms with van der Waals surface area (Å²) in [7, 11) is 3.59. The van der Waals surface area contributed by atoms with Gasteiger partial charge in [0, 0.05) is 19.8 Å². The van der Waals surface area contributed by atoms with Crippen molar-refractivity contribution in [3.63, 3.8) is 0 Å². The monoisotopic (exact) mass is 367 g/mol. The minimum absolute atomic E-state index is 0.138. The summed E-state index contributed by atoms with van der Waals surface area (Å²) in [4.78, 5) is 14.3. The molecule has 0 spiro atoms. The first kappa shape index (κ1) is 17.1. The number of carbonyl (C=O) groups excluding carboxylic acids is 1. The van der Waals surface area contributed by atoms with Crippen LogP contribution in [0.25, 0.3) is 11.0 Å². The molecule has 0 unspecified atom stereocenters. The summed E-state index contributed by atoms with van der Waals surface area (Å²) >= 11 is 0. The Labute approximate surface area is 156 Å². The van der Waals surface area contributed by atoms with E-state index in [-0.39, 0.29) is 12.1 Å². The van der Waals surface area contributed by atoms with Gasteiger partial charge in [0.2, 0.25) is 0 Å². The van der Waals surface area contributed by atoms with Gasteiger partial charge >= 0.3 is 6.03 Å². The Bertz CT molecular complexity index is 1000. The molecule has 0 saturated heterocycles. The third kappa shape index (κ3) is 3.25. The average molecular weight is 367 g/mol. The molecule has 1 aliphatic heterocycles. The van der Waals surface area contributed by atoms with Crippen molar-refractivity contribution >= 4 is 22.8 Å². The zero-order valence-electron chi connectivity index (χ0n) is 15.5. The number of rotatable bonds is 3. The molecule has 1 atom stereocenters. The van der Waals surface area contributed by atoms with Crippen LogP contribution in [0.15, 0.2) is 36.4 Å². The van der Waals surface area contributed by atoms with Gasteiger partial charge in [-0.05, 0) is 42.8 Å². The lowest BCUT2D eigenvalue weighted by atomic mass is 10.1. The Morgan fingerprint density at radius 1 is 1.19 bits per heavy atom. The van der Waals surface area contributed by atoms with Crippen LogP contribution in [-0.2, 0) is 7.05 Å². The molecule has 0 radical (unpaired) electrons. The highest BCUT2D eigenvalue weighted by molar-refractivity contribution is 5.92. The van der Waals surface area contributed by atoms with Crippen LogP contribution >= 0.6 is 0 Å². The van der Waals surface area contributed by atoms with Crippen LogP contribution in [0.3, 0.4) is 0 Å². The van der Waals surface area contributed by atoms with Crippen LogP contribution in [0, 0.1) is 0 Å². The van der Waals surface area contributed by atoms with E-state index in [1.54, 1.807) is 16.6 Å². The maximum absolute atomic E-state index is 12.7. The maximum Gasteiger partial charge on any atom is 0.322 e. The normalized spacial score (nSPS) is 14.0. The number of urea groups is 1. The van der Waals surface area contributed by atoms with Crippen LogP contribution in [-0.4, -0.2) is 46.2 Å². The molecule has 4 rings (SSSR count). The average Bonchev–Trinajstić information content (AvgIpc) is 3.06. The predicted molar refractivity (Wildman–Crippen MR) is 101 cm³/mol. The Balaban J connectivity index is 1.49. The summed E-state index contributed by atoms with van der Waals surface area (Å²) in [5.41, 5.74) is 3.29. The molecule has 1 aromatic heterocycles. The highest BCUT2D eigenvalue weighted by atomic mass is 16.6. The van der Waals surface area contributed by atoms with Gasteiger partial charge in [-0.2, -0.15) is 0 Å². The third-order valence-electron chi connectivity index (χ3n) is 4.81. The van der Waals surface area contributed by atoms with Gasteiger partial charge in [0.1, 0.15) is 18.7 Å². The quantitative estimate of drug-likeness (QED) is 0.770. The molecule has 2 aromatic carbocycles. The van der Waals surface area contributed by atoms with Crippen LogP contribution in [0.1, 0.15) is 18.5 Å². The standard InChI is InChI=1S/C19H21N5O3/c1-12(13-4-7-17-18(10-13)27-9-8-26-17)23(2)19(25)20-14-5-6-16-15(11-14)21-22-24(16)3/h4-7,10-12H,8-9H2,1-3H3,(H,20,25)/t12-/m1/s1. The van der Waals surface area contributed by atoms with Crippen LogP contribution in [0.4, 0.5) is 10.5 Å². The second kappa shape index (κ2) is 6.79. The molecular formula is C19H21N5O3. The second-order valence-electron chi connectivity index (χ2n) is 6.54. The summed E-state index contributed by atoms with van der Waals surface area (Å²) in [5, 5.41) is 11.0. The van der Waals surface area contributed by atoms with Gasteiger partial charge in [-0.3, -0.25) is 0 Å². The summed E-state index contributed by atoms with van der Waals surface area (Å²) in [6, 6.07) is 10.9. The minimum Gasteiger partial charge on any atom is -0.486 e. The summed E-state index contributed by atoms with van der Waals surface area (Å²) < 4.78 is 12.9. The smallest absolute Gasteiger partial charge is 0.322 e. The lowest BCUT2D eigenvalue weighted by Gasteiger charge is -2.27. The Morgan fingerprint density at radius 3 is 2.78 bits per heavy atom. The number of nitrogens with zero attached hydrogens (tertiary/aromatic N) is 4. The van der Waals surface area contributed by atoms with Gasteiger partial charge < -0.3 is 19.7 Å². The van der Waals surface area contributed by atoms with Crippen molar-refractivity contribution in [3.05, 3.63) is 42.0 Å². The van der Waals surface area contributed by atoms with Gasteiger partial charge in [0.25, 0.3) is 0 Å². The van der Waals surface area contributed by atoms with Crippen molar-refractivity contribution in [2.75, 3.05) is 25.6 Å².